The van der Waals surface area contributed by atoms with E-state index in [1.807, 2.05) is 30.3 Å². The van der Waals surface area contributed by atoms with Crippen LogP contribution >= 0.6 is 0 Å². The minimum absolute atomic E-state index is 0.0118. The predicted molar refractivity (Wildman–Crippen MR) is 108 cm³/mol. The first-order valence-electron chi connectivity index (χ1n) is 9.24. The van der Waals surface area contributed by atoms with Crippen molar-refractivity contribution < 1.29 is 24.8 Å². The van der Waals surface area contributed by atoms with Crippen molar-refractivity contribution in [1.82, 2.24) is 0 Å². The van der Waals surface area contributed by atoms with Crippen LogP contribution in [0, 0.1) is 5.92 Å². The lowest BCUT2D eigenvalue weighted by atomic mass is 9.81. The van der Waals surface area contributed by atoms with Gasteiger partial charge in [0.05, 0.1) is 12.7 Å². The zero-order valence-corrected chi connectivity index (χ0v) is 16.1. The highest BCUT2D eigenvalue weighted by Crippen LogP contribution is 2.34. The van der Waals surface area contributed by atoms with E-state index in [-0.39, 0.29) is 30.5 Å². The fraction of sp³-hybridized carbons (Fsp3) is 0.429. The fourth-order valence-electron chi connectivity index (χ4n) is 3.62. The maximum atomic E-state index is 10.7. The van der Waals surface area contributed by atoms with E-state index in [1.54, 1.807) is 12.1 Å². The van der Waals surface area contributed by atoms with Crippen LogP contribution in [-0.2, 0) is 19.2 Å². The summed E-state index contributed by atoms with van der Waals surface area (Å²) in [6.45, 7) is -0.233. The zero-order chi connectivity index (χ0) is 19.2. The number of ether oxygens (including phenoxy) is 2. The van der Waals surface area contributed by atoms with E-state index in [0.29, 0.717) is 17.7 Å². The van der Waals surface area contributed by atoms with Gasteiger partial charge in [-0.3, -0.25) is 0 Å². The summed E-state index contributed by atoms with van der Waals surface area (Å²) in [5.74, 6) is 2.18. The monoisotopic (exact) mass is 391 g/mol. The lowest BCUT2D eigenvalue weighted by Gasteiger charge is -2.39. The second-order valence-electron chi connectivity index (χ2n) is 6.92. The van der Waals surface area contributed by atoms with E-state index in [9.17, 15) is 15.3 Å². The van der Waals surface area contributed by atoms with Crippen molar-refractivity contribution in [3.8, 4) is 17.2 Å². The summed E-state index contributed by atoms with van der Waals surface area (Å²) in [6.07, 6.45) is 0.983. The topological polar surface area (TPSA) is 79.2 Å². The molecule has 4 atom stereocenters. The van der Waals surface area contributed by atoms with Crippen LogP contribution in [0.2, 0.25) is 0 Å². The average Bonchev–Trinajstić information content (AvgIpc) is 2.66. The first-order chi connectivity index (χ1) is 13.1. The second kappa shape index (κ2) is 9.35. The molecule has 6 heteroatoms. The van der Waals surface area contributed by atoms with Crippen LogP contribution in [0.1, 0.15) is 24.8 Å². The van der Waals surface area contributed by atoms with Gasteiger partial charge in [-0.2, -0.15) is 0 Å². The van der Waals surface area contributed by atoms with Crippen LogP contribution in [0.3, 0.4) is 0 Å². The van der Waals surface area contributed by atoms with Gasteiger partial charge in [0.15, 0.2) is 0 Å². The van der Waals surface area contributed by atoms with Crippen molar-refractivity contribution >= 4 is 12.6 Å². The fourth-order valence-corrected chi connectivity index (χ4v) is 3.99. The summed E-state index contributed by atoms with van der Waals surface area (Å²) in [7, 11) is 0. The molecule has 27 heavy (non-hydrogen) atoms. The number of rotatable bonds is 7. The summed E-state index contributed by atoms with van der Waals surface area (Å²) < 4.78 is 12.1. The third kappa shape index (κ3) is 5.09. The summed E-state index contributed by atoms with van der Waals surface area (Å²) in [5.41, 5.74) is 0.444. The molecule has 1 fully saturated rings. The van der Waals surface area contributed by atoms with Crippen molar-refractivity contribution in [2.45, 2.75) is 44.2 Å². The van der Waals surface area contributed by atoms with E-state index in [1.165, 1.54) is 6.07 Å². The Bertz CT molecular complexity index is 724. The Kier molecular flexibility index (Phi) is 6.88. The molecule has 0 bridgehead atoms. The molecule has 4 unspecified atom stereocenters. The predicted octanol–water partition coefficient (Wildman–Crippen LogP) is 2.25. The molecule has 0 saturated heterocycles. The lowest BCUT2D eigenvalue weighted by molar-refractivity contribution is -0.0652. The molecule has 0 spiro atoms. The summed E-state index contributed by atoms with van der Waals surface area (Å²) in [4.78, 5) is 0. The molecule has 1 saturated carbocycles. The van der Waals surface area contributed by atoms with Gasteiger partial charge in [0.2, 0.25) is 0 Å². The summed E-state index contributed by atoms with van der Waals surface area (Å²) in [6, 6.07) is 14.4. The lowest BCUT2D eigenvalue weighted by Crippen LogP contribution is -2.48. The Balaban J connectivity index is 1.70. The molecule has 1 aliphatic rings. The minimum Gasteiger partial charge on any atom is -0.507 e. The quantitative estimate of drug-likeness (QED) is 0.631. The first-order valence-corrected chi connectivity index (χ1v) is 9.95. The van der Waals surface area contributed by atoms with Gasteiger partial charge >= 0.3 is 0 Å². The number of hydrogen-bond donors (Lipinski definition) is 3. The van der Waals surface area contributed by atoms with Gasteiger partial charge in [-0.25, -0.2) is 0 Å². The molecule has 2 aromatic carbocycles. The molecule has 1 aliphatic carbocycles. The van der Waals surface area contributed by atoms with Crippen LogP contribution in [0.15, 0.2) is 48.5 Å². The number of hydrogen-bond acceptors (Lipinski definition) is 5. The van der Waals surface area contributed by atoms with Crippen LogP contribution < -0.4 is 9.47 Å². The Hall–Kier alpha value is -1.89. The van der Waals surface area contributed by atoms with Gasteiger partial charge in [-0.05, 0) is 49.7 Å². The minimum atomic E-state index is -0.671. The van der Waals surface area contributed by atoms with Crippen molar-refractivity contribution in [2.75, 3.05) is 5.75 Å². The number of aliphatic hydroxyl groups excluding tert-OH is 2. The highest BCUT2D eigenvalue weighted by molar-refractivity contribution is 7.58. The van der Waals surface area contributed by atoms with Crippen LogP contribution in [0.5, 0.6) is 17.2 Å². The smallest absolute Gasteiger partial charge is 0.128 e. The highest BCUT2D eigenvalue weighted by atomic mass is 32.1. The van der Waals surface area contributed by atoms with Crippen molar-refractivity contribution in [3.05, 3.63) is 54.1 Å². The molecule has 0 aromatic heterocycles. The molecule has 5 nitrogen and oxygen atoms in total. The number of aliphatic hydroxyl groups is 2. The van der Waals surface area contributed by atoms with E-state index in [4.69, 9.17) is 9.47 Å². The normalized spacial score (nSPS) is 25.1. The van der Waals surface area contributed by atoms with Gasteiger partial charge in [0.1, 0.15) is 35.2 Å². The second-order valence-corrected chi connectivity index (χ2v) is 7.42. The van der Waals surface area contributed by atoms with E-state index < -0.39 is 6.10 Å². The Morgan fingerprint density at radius 1 is 1.00 bits per heavy atom. The van der Waals surface area contributed by atoms with E-state index in [0.717, 1.165) is 24.3 Å². The Labute approximate surface area is 165 Å². The van der Waals surface area contributed by atoms with Crippen LogP contribution in [0.25, 0.3) is 0 Å². The number of benzene rings is 2. The molecule has 146 valence electrons. The maximum absolute atomic E-state index is 10.7. The number of aromatic hydroxyl groups is 1. The molecule has 0 aliphatic heterocycles. The van der Waals surface area contributed by atoms with Crippen molar-refractivity contribution in [3.63, 3.8) is 0 Å². The summed E-state index contributed by atoms with van der Waals surface area (Å²) in [5, 5.41) is 29.8. The maximum Gasteiger partial charge on any atom is 0.128 e. The molecule has 0 heterocycles. The van der Waals surface area contributed by atoms with Crippen molar-refractivity contribution in [2.24, 2.45) is 5.92 Å². The van der Waals surface area contributed by atoms with Gasteiger partial charge in [0, 0.05) is 24.0 Å². The molecule has 0 radical (unpaired) electrons. The standard InChI is InChI=1S/C21H26O5S/c22-13-15-6-7-17(11-19(15)23)26-21-14(8-9-27)10-18(12-20(21)24)25-16-4-2-1-3-5-16/h1-7,11,14,18,20-24,27H,8-10,12-13H2/p+1. The Morgan fingerprint density at radius 3 is 2.44 bits per heavy atom. The van der Waals surface area contributed by atoms with E-state index in [2.05, 4.69) is 12.6 Å². The molecule has 0 amide bonds. The summed E-state index contributed by atoms with van der Waals surface area (Å²) >= 11 is 3.54. The van der Waals surface area contributed by atoms with Crippen LogP contribution in [-0.4, -0.2) is 39.4 Å². The third-order valence-electron chi connectivity index (χ3n) is 4.97. The van der Waals surface area contributed by atoms with E-state index >= 15 is 0 Å². The Morgan fingerprint density at radius 2 is 1.78 bits per heavy atom. The van der Waals surface area contributed by atoms with Crippen LogP contribution in [0.4, 0.5) is 0 Å². The highest BCUT2D eigenvalue weighted by Gasteiger charge is 2.39. The first kappa shape index (κ1) is 19.9. The molecule has 3 rings (SSSR count). The van der Waals surface area contributed by atoms with Crippen molar-refractivity contribution in [1.29, 1.82) is 0 Å². The zero-order valence-electron chi connectivity index (χ0n) is 15.1. The number of phenols is 1. The largest absolute Gasteiger partial charge is 0.507 e. The number of para-hydroxylation sites is 1. The third-order valence-corrected chi connectivity index (χ3v) is 5.26. The van der Waals surface area contributed by atoms with Gasteiger partial charge in [-0.1, -0.05) is 18.2 Å². The van der Waals surface area contributed by atoms with Gasteiger partial charge < -0.3 is 24.8 Å². The molecular formula is C21H27O5S+. The van der Waals surface area contributed by atoms with Gasteiger partial charge in [-0.15, -0.1) is 0 Å². The molecular weight excluding hydrogens is 364 g/mol. The molecule has 3 N–H and O–H groups in total. The van der Waals surface area contributed by atoms with Gasteiger partial charge in [0.25, 0.3) is 0 Å². The molecule has 2 aromatic rings. The SMILES string of the molecule is OCc1ccc(OC2C(O)CC(Oc3ccccc3)CC2CC[SH2+])cc1O. The average molecular weight is 392 g/mol.